The number of hydrogen-bond donors (Lipinski definition) is 2. The summed E-state index contributed by atoms with van der Waals surface area (Å²) in [5.41, 5.74) is 6.99. The van der Waals surface area contributed by atoms with Gasteiger partial charge in [0.1, 0.15) is 0 Å². The molecule has 0 aliphatic rings. The van der Waals surface area contributed by atoms with Crippen molar-refractivity contribution < 1.29 is 4.74 Å². The molecule has 0 heterocycles. The summed E-state index contributed by atoms with van der Waals surface area (Å²) < 4.78 is 5.48. The summed E-state index contributed by atoms with van der Waals surface area (Å²) in [4.78, 5) is 0. The van der Waals surface area contributed by atoms with Crippen molar-refractivity contribution in [3.63, 3.8) is 0 Å². The van der Waals surface area contributed by atoms with E-state index in [1.807, 2.05) is 6.92 Å². The van der Waals surface area contributed by atoms with E-state index in [9.17, 15) is 0 Å². The van der Waals surface area contributed by atoms with Gasteiger partial charge in [-0.2, -0.15) is 0 Å². The van der Waals surface area contributed by atoms with Gasteiger partial charge in [0, 0.05) is 18.6 Å². The zero-order chi connectivity index (χ0) is 13.9. The summed E-state index contributed by atoms with van der Waals surface area (Å²) in [5.74, 6) is 0. The molecule has 0 rings (SSSR count). The molecular formula is C15H32N2O. The number of nitrogens with one attached hydrogen (secondary N) is 1. The van der Waals surface area contributed by atoms with E-state index in [0.717, 1.165) is 25.1 Å². The van der Waals surface area contributed by atoms with Gasteiger partial charge in [-0.3, -0.25) is 0 Å². The Morgan fingerprint density at radius 2 is 2.06 bits per heavy atom. The Labute approximate surface area is 113 Å². The zero-order valence-corrected chi connectivity index (χ0v) is 12.6. The van der Waals surface area contributed by atoms with Crippen molar-refractivity contribution in [2.24, 2.45) is 5.73 Å². The van der Waals surface area contributed by atoms with E-state index in [1.165, 1.54) is 25.7 Å². The van der Waals surface area contributed by atoms with Gasteiger partial charge in [-0.25, -0.2) is 0 Å². The van der Waals surface area contributed by atoms with E-state index in [1.54, 1.807) is 0 Å². The van der Waals surface area contributed by atoms with Gasteiger partial charge >= 0.3 is 0 Å². The number of hydrogen-bond acceptors (Lipinski definition) is 3. The topological polar surface area (TPSA) is 47.3 Å². The molecule has 3 heteroatoms. The van der Waals surface area contributed by atoms with Gasteiger partial charge < -0.3 is 15.8 Å². The lowest BCUT2D eigenvalue weighted by Crippen LogP contribution is -2.49. The maximum Gasteiger partial charge on any atom is 0.0672 e. The highest BCUT2D eigenvalue weighted by Crippen LogP contribution is 2.14. The second kappa shape index (κ2) is 10.5. The van der Waals surface area contributed by atoms with Crippen LogP contribution >= 0.6 is 0 Å². The third kappa shape index (κ3) is 9.63. The maximum atomic E-state index is 5.87. The number of rotatable bonds is 12. The fourth-order valence-electron chi connectivity index (χ4n) is 1.88. The first-order chi connectivity index (χ1) is 8.54. The quantitative estimate of drug-likeness (QED) is 0.417. The van der Waals surface area contributed by atoms with Gasteiger partial charge in [0.2, 0.25) is 0 Å². The maximum absolute atomic E-state index is 5.87. The molecule has 0 aromatic rings. The summed E-state index contributed by atoms with van der Waals surface area (Å²) >= 11 is 0. The highest BCUT2D eigenvalue weighted by Gasteiger charge is 2.20. The molecule has 1 unspecified atom stereocenters. The zero-order valence-electron chi connectivity index (χ0n) is 12.6. The van der Waals surface area contributed by atoms with Crippen LogP contribution in [0.5, 0.6) is 0 Å². The van der Waals surface area contributed by atoms with Crippen LogP contribution in [-0.4, -0.2) is 31.8 Å². The van der Waals surface area contributed by atoms with Crippen LogP contribution in [0.25, 0.3) is 0 Å². The molecule has 0 aromatic carbocycles. The summed E-state index contributed by atoms with van der Waals surface area (Å²) in [5, 5.41) is 3.52. The molecule has 0 bridgehead atoms. The second-order valence-electron chi connectivity index (χ2n) is 5.51. The molecule has 0 saturated carbocycles. The van der Waals surface area contributed by atoms with Gasteiger partial charge in [0.15, 0.2) is 0 Å². The summed E-state index contributed by atoms with van der Waals surface area (Å²) in [6.45, 7) is 13.1. The van der Waals surface area contributed by atoms with Crippen molar-refractivity contribution in [3.05, 3.63) is 12.2 Å². The average molecular weight is 256 g/mol. The molecule has 1 atom stereocenters. The molecular weight excluding hydrogens is 224 g/mol. The van der Waals surface area contributed by atoms with Crippen LogP contribution in [0.1, 0.15) is 52.9 Å². The standard InChI is InChI=1S/C15H32N2O/c1-5-6-7-8-9-15(4,13-16)17-10-11-18-12-14(2)3/h17H,2,5-13,16H2,1,3-4H3. The Hall–Kier alpha value is -0.380. The molecule has 108 valence electrons. The first kappa shape index (κ1) is 17.6. The molecule has 3 nitrogen and oxygen atoms in total. The predicted octanol–water partition coefficient (Wildman–Crippen LogP) is 2.86. The van der Waals surface area contributed by atoms with Crippen LogP contribution in [0.15, 0.2) is 12.2 Å². The van der Waals surface area contributed by atoms with Gasteiger partial charge in [-0.05, 0) is 20.3 Å². The Kier molecular flexibility index (Phi) is 10.3. The normalized spacial score (nSPS) is 14.4. The smallest absolute Gasteiger partial charge is 0.0672 e. The van der Waals surface area contributed by atoms with Crippen molar-refractivity contribution in [3.8, 4) is 0 Å². The van der Waals surface area contributed by atoms with Crippen LogP contribution in [0.2, 0.25) is 0 Å². The van der Waals surface area contributed by atoms with E-state index in [-0.39, 0.29) is 5.54 Å². The van der Waals surface area contributed by atoms with Crippen molar-refractivity contribution in [2.75, 3.05) is 26.3 Å². The average Bonchev–Trinajstić information content (AvgIpc) is 2.34. The van der Waals surface area contributed by atoms with E-state index in [4.69, 9.17) is 10.5 Å². The fourth-order valence-corrected chi connectivity index (χ4v) is 1.88. The summed E-state index contributed by atoms with van der Waals surface area (Å²) in [6.07, 6.45) is 6.30. The molecule has 3 N–H and O–H groups in total. The van der Waals surface area contributed by atoms with Crippen molar-refractivity contribution in [2.45, 2.75) is 58.4 Å². The SMILES string of the molecule is C=C(C)COCCNC(C)(CN)CCCCCC. The molecule has 0 aliphatic carbocycles. The van der Waals surface area contributed by atoms with E-state index in [2.05, 4.69) is 25.7 Å². The van der Waals surface area contributed by atoms with Crippen LogP contribution in [0.3, 0.4) is 0 Å². The van der Waals surface area contributed by atoms with Crippen molar-refractivity contribution >= 4 is 0 Å². The fraction of sp³-hybridized carbons (Fsp3) is 0.867. The lowest BCUT2D eigenvalue weighted by atomic mass is 9.94. The number of ether oxygens (including phenoxy) is 1. The van der Waals surface area contributed by atoms with E-state index < -0.39 is 0 Å². The van der Waals surface area contributed by atoms with Crippen molar-refractivity contribution in [1.29, 1.82) is 0 Å². The van der Waals surface area contributed by atoms with Crippen LogP contribution in [0, 0.1) is 0 Å². The predicted molar refractivity (Wildman–Crippen MR) is 79.9 cm³/mol. The van der Waals surface area contributed by atoms with Gasteiger partial charge in [0.05, 0.1) is 13.2 Å². The van der Waals surface area contributed by atoms with Crippen LogP contribution < -0.4 is 11.1 Å². The molecule has 18 heavy (non-hydrogen) atoms. The van der Waals surface area contributed by atoms with Gasteiger partial charge in [0.25, 0.3) is 0 Å². The molecule has 0 amide bonds. The molecule has 0 radical (unpaired) electrons. The third-order valence-corrected chi connectivity index (χ3v) is 3.18. The summed E-state index contributed by atoms with van der Waals surface area (Å²) in [7, 11) is 0. The van der Waals surface area contributed by atoms with Crippen molar-refractivity contribution in [1.82, 2.24) is 5.32 Å². The molecule has 0 saturated heterocycles. The largest absolute Gasteiger partial charge is 0.376 e. The number of nitrogens with two attached hydrogens (primary N) is 1. The molecule has 0 spiro atoms. The lowest BCUT2D eigenvalue weighted by molar-refractivity contribution is 0.148. The third-order valence-electron chi connectivity index (χ3n) is 3.18. The van der Waals surface area contributed by atoms with Gasteiger partial charge in [-0.1, -0.05) is 44.8 Å². The Morgan fingerprint density at radius 1 is 1.33 bits per heavy atom. The first-order valence-corrected chi connectivity index (χ1v) is 7.21. The number of unbranched alkanes of at least 4 members (excludes halogenated alkanes) is 3. The highest BCUT2D eigenvalue weighted by molar-refractivity contribution is 4.87. The minimum absolute atomic E-state index is 0.0559. The minimum Gasteiger partial charge on any atom is -0.376 e. The lowest BCUT2D eigenvalue weighted by Gasteiger charge is -2.29. The first-order valence-electron chi connectivity index (χ1n) is 7.21. The Balaban J connectivity index is 3.68. The van der Waals surface area contributed by atoms with Gasteiger partial charge in [-0.15, -0.1) is 0 Å². The minimum atomic E-state index is 0.0559. The van der Waals surface area contributed by atoms with E-state index in [0.29, 0.717) is 13.2 Å². The Morgan fingerprint density at radius 3 is 2.61 bits per heavy atom. The van der Waals surface area contributed by atoms with Crippen LogP contribution in [-0.2, 0) is 4.74 Å². The summed E-state index contributed by atoms with van der Waals surface area (Å²) in [6, 6.07) is 0. The monoisotopic (exact) mass is 256 g/mol. The van der Waals surface area contributed by atoms with E-state index >= 15 is 0 Å². The highest BCUT2D eigenvalue weighted by atomic mass is 16.5. The molecule has 0 fully saturated rings. The van der Waals surface area contributed by atoms with Crippen LogP contribution in [0.4, 0.5) is 0 Å². The Bertz CT molecular complexity index is 219. The molecule has 0 aromatic heterocycles. The second-order valence-corrected chi connectivity index (χ2v) is 5.51. The molecule has 0 aliphatic heterocycles.